The predicted molar refractivity (Wildman–Crippen MR) is 124 cm³/mol. The van der Waals surface area contributed by atoms with Crippen molar-refractivity contribution in [3.63, 3.8) is 0 Å². The Morgan fingerprint density at radius 3 is 1.25 bits per heavy atom. The van der Waals surface area contributed by atoms with Crippen molar-refractivity contribution in [1.29, 1.82) is 0 Å². The fourth-order valence-corrected chi connectivity index (χ4v) is 14.3. The van der Waals surface area contributed by atoms with Gasteiger partial charge >= 0.3 is 171 Å². The molecular weight excluding hydrogens is 397 g/mol. The third kappa shape index (κ3) is 3.34. The van der Waals surface area contributed by atoms with Crippen molar-refractivity contribution >= 4 is 30.8 Å². The molecule has 0 N–H and O–H groups in total. The summed E-state index contributed by atoms with van der Waals surface area (Å²) >= 11 is -3.09. The molecule has 0 aliphatic carbocycles. The van der Waals surface area contributed by atoms with Crippen molar-refractivity contribution in [3.8, 4) is 0 Å². The van der Waals surface area contributed by atoms with Crippen LogP contribution in [-0.4, -0.2) is 13.3 Å². The second-order valence-corrected chi connectivity index (χ2v) is 15.6. The van der Waals surface area contributed by atoms with Crippen LogP contribution < -0.4 is 17.6 Å². The quantitative estimate of drug-likeness (QED) is 0.423. The van der Waals surface area contributed by atoms with Crippen LogP contribution in [0.2, 0.25) is 0 Å². The molecule has 0 aromatic heterocycles. The van der Waals surface area contributed by atoms with Gasteiger partial charge in [0.2, 0.25) is 0 Å². The van der Waals surface area contributed by atoms with Crippen LogP contribution in [-0.2, 0) is 0 Å². The zero-order valence-corrected chi connectivity index (χ0v) is 18.6. The van der Waals surface area contributed by atoms with Crippen molar-refractivity contribution in [2.75, 3.05) is 0 Å². The molecule has 0 radical (unpaired) electrons. The topological polar surface area (TPSA) is 0 Å². The van der Waals surface area contributed by atoms with Gasteiger partial charge in [-0.2, -0.15) is 0 Å². The minimum absolute atomic E-state index is 0.516. The van der Waals surface area contributed by atoms with E-state index in [1.54, 1.807) is 0 Å². The summed E-state index contributed by atoms with van der Waals surface area (Å²) in [6.07, 6.45) is 0. The third-order valence-electron chi connectivity index (χ3n) is 5.61. The summed E-state index contributed by atoms with van der Waals surface area (Å²) in [5.41, 5.74) is 1.41. The molecule has 4 aromatic rings. The van der Waals surface area contributed by atoms with Crippen molar-refractivity contribution < 1.29 is 0 Å². The number of benzene rings is 4. The molecule has 0 nitrogen and oxygen atoms in total. The Morgan fingerprint density at radius 1 is 0.464 bits per heavy atom. The molecule has 0 atom stereocenters. The van der Waals surface area contributed by atoms with Crippen LogP contribution >= 0.6 is 0 Å². The van der Waals surface area contributed by atoms with E-state index in [1.165, 1.54) is 23.1 Å². The number of rotatable bonds is 5. The maximum atomic E-state index is 2.47. The molecule has 4 rings (SSSR count). The van der Waals surface area contributed by atoms with Crippen LogP contribution in [0.15, 0.2) is 115 Å². The first-order valence-corrected chi connectivity index (χ1v) is 14.2. The SMILES string of the molecule is CC(C)c1ccc[c]([Ge]([c]2ccccc2)([c]2ccccc2)[c]2ccccc2)c1. The molecule has 0 aliphatic rings. The van der Waals surface area contributed by atoms with E-state index in [4.69, 9.17) is 0 Å². The van der Waals surface area contributed by atoms with Crippen LogP contribution in [0.5, 0.6) is 0 Å². The predicted octanol–water partition coefficient (Wildman–Crippen LogP) is 4.19. The molecule has 0 aliphatic heterocycles. The first-order valence-electron chi connectivity index (χ1n) is 10.00. The van der Waals surface area contributed by atoms with Gasteiger partial charge in [-0.15, -0.1) is 0 Å². The summed E-state index contributed by atoms with van der Waals surface area (Å²) in [5, 5.41) is 0. The average molecular weight is 423 g/mol. The monoisotopic (exact) mass is 424 g/mol. The summed E-state index contributed by atoms with van der Waals surface area (Å²) < 4.78 is 5.91. The van der Waals surface area contributed by atoms with Gasteiger partial charge in [0.25, 0.3) is 0 Å². The van der Waals surface area contributed by atoms with Crippen LogP contribution in [0.3, 0.4) is 0 Å². The minimum atomic E-state index is -3.09. The molecule has 0 heterocycles. The molecule has 0 fully saturated rings. The van der Waals surface area contributed by atoms with Crippen LogP contribution in [0.25, 0.3) is 0 Å². The molecule has 0 saturated heterocycles. The third-order valence-corrected chi connectivity index (χ3v) is 15.6. The van der Waals surface area contributed by atoms with E-state index in [0.29, 0.717) is 5.92 Å². The zero-order valence-electron chi connectivity index (χ0n) is 16.5. The van der Waals surface area contributed by atoms with Gasteiger partial charge in [0.05, 0.1) is 0 Å². The van der Waals surface area contributed by atoms with E-state index < -0.39 is 13.3 Å². The second kappa shape index (κ2) is 8.20. The number of hydrogen-bond acceptors (Lipinski definition) is 0. The molecule has 0 unspecified atom stereocenters. The van der Waals surface area contributed by atoms with Gasteiger partial charge in [0.15, 0.2) is 0 Å². The van der Waals surface area contributed by atoms with Crippen molar-refractivity contribution in [3.05, 3.63) is 121 Å². The average Bonchev–Trinajstić information content (AvgIpc) is 2.77. The van der Waals surface area contributed by atoms with Crippen molar-refractivity contribution in [1.82, 2.24) is 0 Å². The maximum absolute atomic E-state index is 3.09. The van der Waals surface area contributed by atoms with Gasteiger partial charge in [0.1, 0.15) is 0 Å². The van der Waals surface area contributed by atoms with Gasteiger partial charge in [-0.1, -0.05) is 0 Å². The van der Waals surface area contributed by atoms with E-state index in [2.05, 4.69) is 129 Å². The van der Waals surface area contributed by atoms with Crippen molar-refractivity contribution in [2.24, 2.45) is 0 Å². The van der Waals surface area contributed by atoms with E-state index in [9.17, 15) is 0 Å². The Kier molecular flexibility index (Phi) is 5.50. The normalized spacial score (nSPS) is 11.5. The molecule has 4 aromatic carbocycles. The molecule has 0 bridgehead atoms. The molecule has 0 spiro atoms. The zero-order chi connectivity index (χ0) is 19.4. The van der Waals surface area contributed by atoms with E-state index in [0.717, 1.165) is 0 Å². The van der Waals surface area contributed by atoms with Crippen LogP contribution in [0.1, 0.15) is 25.3 Å². The summed E-state index contributed by atoms with van der Waals surface area (Å²) in [6, 6.07) is 42.9. The summed E-state index contributed by atoms with van der Waals surface area (Å²) in [7, 11) is 0. The van der Waals surface area contributed by atoms with E-state index in [1.807, 2.05) is 0 Å². The Balaban J connectivity index is 2.12. The van der Waals surface area contributed by atoms with Gasteiger partial charge in [-0.25, -0.2) is 0 Å². The van der Waals surface area contributed by atoms with E-state index in [-0.39, 0.29) is 0 Å². The molecule has 138 valence electrons. The Morgan fingerprint density at radius 2 is 0.857 bits per heavy atom. The summed E-state index contributed by atoms with van der Waals surface area (Å²) in [4.78, 5) is 0. The van der Waals surface area contributed by atoms with E-state index >= 15 is 0 Å². The fraction of sp³-hybridized carbons (Fsp3) is 0.111. The van der Waals surface area contributed by atoms with Crippen LogP contribution in [0, 0.1) is 0 Å². The van der Waals surface area contributed by atoms with Gasteiger partial charge in [0, 0.05) is 0 Å². The van der Waals surface area contributed by atoms with Gasteiger partial charge in [-0.05, 0) is 0 Å². The Bertz CT molecular complexity index is 925. The second-order valence-electron chi connectivity index (χ2n) is 7.63. The standard InChI is InChI=1S/C27H26Ge/c1-22(2)23-13-12-20-27(21-23)28(24-14-6-3-7-15-24,25-16-8-4-9-17-25)26-18-10-5-11-19-26/h3-22H,1-2H3. The molecule has 28 heavy (non-hydrogen) atoms. The number of hydrogen-bond donors (Lipinski definition) is 0. The fourth-order valence-electron chi connectivity index (χ4n) is 4.20. The molecule has 0 saturated carbocycles. The summed E-state index contributed by atoms with van der Waals surface area (Å²) in [5.74, 6) is 0.516. The van der Waals surface area contributed by atoms with Gasteiger partial charge < -0.3 is 0 Å². The first-order chi connectivity index (χ1) is 13.7. The van der Waals surface area contributed by atoms with Gasteiger partial charge in [-0.3, -0.25) is 0 Å². The molecular formula is C27H26Ge. The summed E-state index contributed by atoms with van der Waals surface area (Å²) in [6.45, 7) is 4.56. The molecule has 1 heteroatoms. The molecule has 0 amide bonds. The first kappa shape index (κ1) is 18.8. The Labute approximate surface area is 171 Å². The Hall–Kier alpha value is -2.58. The van der Waals surface area contributed by atoms with Crippen LogP contribution in [0.4, 0.5) is 0 Å². The van der Waals surface area contributed by atoms with Crippen molar-refractivity contribution in [2.45, 2.75) is 19.8 Å².